The van der Waals surface area contributed by atoms with Gasteiger partial charge in [0.15, 0.2) is 0 Å². The highest BCUT2D eigenvalue weighted by atomic mass is 19.1. The number of benzene rings is 3. The molecule has 8 heteroatoms. The molecule has 0 spiro atoms. The van der Waals surface area contributed by atoms with E-state index in [4.69, 9.17) is 7.48 Å². The van der Waals surface area contributed by atoms with Crippen LogP contribution in [0.3, 0.4) is 0 Å². The van der Waals surface area contributed by atoms with Crippen molar-refractivity contribution in [2.24, 2.45) is 10.9 Å². The van der Waals surface area contributed by atoms with Crippen molar-refractivity contribution in [1.82, 2.24) is 10.2 Å². The molecule has 3 aromatic rings. The van der Waals surface area contributed by atoms with Gasteiger partial charge in [-0.15, -0.1) is 0 Å². The van der Waals surface area contributed by atoms with E-state index in [0.29, 0.717) is 23.9 Å². The molecule has 2 saturated heterocycles. The molecule has 214 valence electrons. The average molecular weight is 561 g/mol. The number of halogens is 2. The van der Waals surface area contributed by atoms with E-state index >= 15 is 0 Å². The Balaban J connectivity index is 1.23. The highest BCUT2D eigenvalue weighted by Gasteiger charge is 2.24. The molecule has 6 rings (SSSR count). The molecule has 0 aliphatic carbocycles. The van der Waals surface area contributed by atoms with Crippen molar-refractivity contribution in [2.45, 2.75) is 32.2 Å². The van der Waals surface area contributed by atoms with Crippen LogP contribution in [0.25, 0.3) is 0 Å². The Hall–Kier alpha value is -3.62. The number of hydrogen-bond donors (Lipinski definition) is 1. The molecule has 3 heterocycles. The summed E-state index contributed by atoms with van der Waals surface area (Å²) >= 11 is 0. The molecule has 0 saturated carbocycles. The number of amides is 1. The number of anilines is 1. The highest BCUT2D eigenvalue weighted by Crippen LogP contribution is 2.28. The number of ether oxygens (including phenoxy) is 1. The van der Waals surface area contributed by atoms with Gasteiger partial charge in [0.1, 0.15) is 17.5 Å². The SMILES string of the molecule is [2H]c1c(F)cc(Cc2ccc3c(c2)C(NC(=O)c2ccc(N4CCN(C)CC4)cc2CC2CCOCC2)=NC3)c([2H])c1F. The van der Waals surface area contributed by atoms with Crippen molar-refractivity contribution in [3.8, 4) is 0 Å². The van der Waals surface area contributed by atoms with Crippen molar-refractivity contribution < 1.29 is 21.1 Å². The molecule has 1 amide bonds. The minimum absolute atomic E-state index is 0.116. The van der Waals surface area contributed by atoms with Crippen LogP contribution < -0.4 is 10.2 Å². The van der Waals surface area contributed by atoms with Gasteiger partial charge in [0.2, 0.25) is 0 Å². The molecular formula is C33H36F2N4O2. The number of carbonyl (C=O) groups is 1. The van der Waals surface area contributed by atoms with Crippen LogP contribution in [0.2, 0.25) is 0 Å². The van der Waals surface area contributed by atoms with E-state index in [2.05, 4.69) is 33.2 Å². The molecule has 3 aromatic carbocycles. The topological polar surface area (TPSA) is 57.2 Å². The van der Waals surface area contributed by atoms with E-state index in [1.54, 1.807) is 0 Å². The summed E-state index contributed by atoms with van der Waals surface area (Å²) in [6, 6.07) is 11.4. The lowest BCUT2D eigenvalue weighted by Crippen LogP contribution is -2.44. The number of nitrogens with one attached hydrogen (secondary N) is 1. The number of likely N-dealkylation sites (N-methyl/N-ethyl adjacent to an activating group) is 1. The Morgan fingerprint density at radius 3 is 2.63 bits per heavy atom. The monoisotopic (exact) mass is 560 g/mol. The fraction of sp³-hybridized carbons (Fsp3) is 0.394. The van der Waals surface area contributed by atoms with Gasteiger partial charge in [-0.05, 0) is 97.3 Å². The molecule has 3 aliphatic heterocycles. The summed E-state index contributed by atoms with van der Waals surface area (Å²) in [5, 5.41) is 3.05. The van der Waals surface area contributed by atoms with Gasteiger partial charge < -0.3 is 19.9 Å². The van der Waals surface area contributed by atoms with Gasteiger partial charge in [0.25, 0.3) is 5.91 Å². The number of rotatable bonds is 6. The fourth-order valence-corrected chi connectivity index (χ4v) is 5.93. The number of piperazine rings is 1. The number of nitrogens with zero attached hydrogens (tertiary/aromatic N) is 3. The Labute approximate surface area is 242 Å². The molecule has 1 N–H and O–H groups in total. The van der Waals surface area contributed by atoms with Crippen LogP contribution in [0.1, 0.15) is 53.8 Å². The van der Waals surface area contributed by atoms with E-state index in [9.17, 15) is 13.6 Å². The van der Waals surface area contributed by atoms with Crippen LogP contribution >= 0.6 is 0 Å². The van der Waals surface area contributed by atoms with E-state index in [1.165, 1.54) is 0 Å². The Morgan fingerprint density at radius 2 is 1.83 bits per heavy atom. The largest absolute Gasteiger partial charge is 0.381 e. The Kier molecular flexibility index (Phi) is 7.41. The van der Waals surface area contributed by atoms with Crippen LogP contribution in [0.4, 0.5) is 14.5 Å². The lowest BCUT2D eigenvalue weighted by atomic mass is 9.89. The lowest BCUT2D eigenvalue weighted by molar-refractivity contribution is 0.0664. The first kappa shape index (κ1) is 25.1. The summed E-state index contributed by atoms with van der Waals surface area (Å²) in [6.45, 7) is 5.81. The predicted molar refractivity (Wildman–Crippen MR) is 157 cm³/mol. The standard InChI is InChI=1S/C33H36F2N4O2/c1-38-8-10-39(11-9-38)29-4-5-30(26(19-29)15-22-6-12-41-13-7-22)33(40)37-32-31-18-23(2-3-25(31)21-36-32)14-24-16-27(34)20-28(35)17-24/h2-5,16-20,22H,6-15,21H2,1H3,(H,36,37,40)/i16D,20D. The number of fused-ring (bicyclic) bond motifs is 1. The van der Waals surface area contributed by atoms with E-state index < -0.39 is 23.7 Å². The Morgan fingerprint density at radius 1 is 1.02 bits per heavy atom. The van der Waals surface area contributed by atoms with Crippen LogP contribution in [0.5, 0.6) is 0 Å². The van der Waals surface area contributed by atoms with Crippen molar-refractivity contribution in [1.29, 1.82) is 0 Å². The maximum absolute atomic E-state index is 14.2. The van der Waals surface area contributed by atoms with Crippen molar-refractivity contribution in [2.75, 3.05) is 51.3 Å². The van der Waals surface area contributed by atoms with E-state index in [0.717, 1.165) is 92.7 Å². The quantitative estimate of drug-likeness (QED) is 0.463. The highest BCUT2D eigenvalue weighted by molar-refractivity contribution is 6.14. The molecule has 41 heavy (non-hydrogen) atoms. The minimum atomic E-state index is -1.17. The number of hydrogen-bond acceptors (Lipinski definition) is 5. The van der Waals surface area contributed by atoms with Gasteiger partial charge >= 0.3 is 0 Å². The summed E-state index contributed by atoms with van der Waals surface area (Å²) in [4.78, 5) is 23.1. The predicted octanol–water partition coefficient (Wildman–Crippen LogP) is 4.97. The summed E-state index contributed by atoms with van der Waals surface area (Å²) in [7, 11) is 2.14. The summed E-state index contributed by atoms with van der Waals surface area (Å²) in [5.74, 6) is -1.45. The normalized spacial score (nSPS) is 18.5. The number of amidine groups is 1. The first-order valence-electron chi connectivity index (χ1n) is 15.3. The third-order valence-electron chi connectivity index (χ3n) is 8.32. The molecule has 3 aliphatic rings. The van der Waals surface area contributed by atoms with Gasteiger partial charge in [0.05, 0.1) is 9.29 Å². The second-order valence-electron chi connectivity index (χ2n) is 11.3. The zero-order valence-electron chi connectivity index (χ0n) is 25.3. The molecular weight excluding hydrogens is 522 g/mol. The maximum atomic E-state index is 14.2. The number of carbonyl (C=O) groups excluding carboxylic acids is 1. The molecule has 0 radical (unpaired) electrons. The zero-order chi connectivity index (χ0) is 30.1. The summed E-state index contributed by atoms with van der Waals surface area (Å²) in [5.41, 5.74) is 5.39. The first-order chi connectivity index (χ1) is 20.8. The Bertz CT molecular complexity index is 1570. The van der Waals surface area contributed by atoms with Crippen LogP contribution in [0.15, 0.2) is 59.5 Å². The fourth-order valence-electron chi connectivity index (χ4n) is 5.93. The van der Waals surface area contributed by atoms with Crippen LogP contribution in [-0.2, 0) is 24.1 Å². The van der Waals surface area contributed by atoms with Crippen molar-refractivity contribution in [3.05, 3.63) is 99.6 Å². The first-order valence-corrected chi connectivity index (χ1v) is 14.3. The van der Waals surface area contributed by atoms with Gasteiger partial charge in [-0.1, -0.05) is 12.1 Å². The van der Waals surface area contributed by atoms with E-state index in [-0.39, 0.29) is 17.9 Å². The van der Waals surface area contributed by atoms with Gasteiger partial charge in [-0.25, -0.2) is 8.78 Å². The molecule has 0 aromatic heterocycles. The second kappa shape index (κ2) is 12.1. The molecule has 0 bridgehead atoms. The molecule has 6 nitrogen and oxygen atoms in total. The maximum Gasteiger partial charge on any atom is 0.257 e. The minimum Gasteiger partial charge on any atom is -0.381 e. The van der Waals surface area contributed by atoms with E-state index in [1.807, 2.05) is 30.3 Å². The summed E-state index contributed by atoms with van der Waals surface area (Å²) < 4.78 is 49.3. The third-order valence-corrected chi connectivity index (χ3v) is 8.32. The number of aliphatic imine (C=N–C) groups is 1. The molecule has 0 unspecified atom stereocenters. The van der Waals surface area contributed by atoms with Crippen molar-refractivity contribution >= 4 is 17.4 Å². The van der Waals surface area contributed by atoms with Crippen molar-refractivity contribution in [3.63, 3.8) is 0 Å². The van der Waals surface area contributed by atoms with Crippen LogP contribution in [-0.4, -0.2) is 63.1 Å². The van der Waals surface area contributed by atoms with Crippen LogP contribution in [0, 0.1) is 17.6 Å². The van der Waals surface area contributed by atoms with Gasteiger partial charge in [-0.2, -0.15) is 0 Å². The summed E-state index contributed by atoms with van der Waals surface area (Å²) in [6.07, 6.45) is 2.87. The molecule has 0 atom stereocenters. The molecule has 2 fully saturated rings. The van der Waals surface area contributed by atoms with Gasteiger partial charge in [-0.3, -0.25) is 9.79 Å². The third kappa shape index (κ3) is 6.49. The zero-order valence-corrected chi connectivity index (χ0v) is 23.3. The van der Waals surface area contributed by atoms with Gasteiger partial charge in [0, 0.05) is 62.2 Å². The lowest BCUT2D eigenvalue weighted by Gasteiger charge is -2.34. The average Bonchev–Trinajstić information content (AvgIpc) is 3.41. The smallest absolute Gasteiger partial charge is 0.257 e. The second-order valence-corrected chi connectivity index (χ2v) is 11.3.